The van der Waals surface area contributed by atoms with Gasteiger partial charge in [-0.1, -0.05) is 6.07 Å². The summed E-state index contributed by atoms with van der Waals surface area (Å²) >= 11 is 2.91. The standard InChI is InChI=1S/C8H9BrFNO2/c9-5-2-1-4(6(11)3-12)8(13)7(5)10/h1-2,6,12-13H,3,11H2/t6-/m1/s1. The van der Waals surface area contributed by atoms with Gasteiger partial charge in [0.2, 0.25) is 0 Å². The first-order chi connectivity index (χ1) is 6.07. The first kappa shape index (κ1) is 10.4. The second-order valence-electron chi connectivity index (χ2n) is 2.59. The van der Waals surface area contributed by atoms with E-state index in [9.17, 15) is 9.50 Å². The molecular weight excluding hydrogens is 241 g/mol. The first-order valence-electron chi connectivity index (χ1n) is 3.61. The molecule has 0 spiro atoms. The number of benzene rings is 1. The highest BCUT2D eigenvalue weighted by atomic mass is 79.9. The molecule has 0 aromatic heterocycles. The van der Waals surface area contributed by atoms with Gasteiger partial charge in [-0.05, 0) is 22.0 Å². The lowest BCUT2D eigenvalue weighted by molar-refractivity contribution is 0.264. The van der Waals surface area contributed by atoms with Crippen LogP contribution in [0.2, 0.25) is 0 Å². The van der Waals surface area contributed by atoms with E-state index in [4.69, 9.17) is 10.8 Å². The van der Waals surface area contributed by atoms with Crippen LogP contribution in [0.3, 0.4) is 0 Å². The van der Waals surface area contributed by atoms with Crippen LogP contribution in [0, 0.1) is 5.82 Å². The molecule has 3 nitrogen and oxygen atoms in total. The molecule has 0 amide bonds. The summed E-state index contributed by atoms with van der Waals surface area (Å²) in [6.07, 6.45) is 0. The number of phenolic OH excluding ortho intramolecular Hbond substituents is 1. The van der Waals surface area contributed by atoms with Gasteiger partial charge in [-0.15, -0.1) is 0 Å². The highest BCUT2D eigenvalue weighted by Gasteiger charge is 2.15. The predicted octanol–water partition coefficient (Wildman–Crippen LogP) is 1.29. The minimum absolute atomic E-state index is 0.166. The number of aliphatic hydroxyl groups excluding tert-OH is 1. The Hall–Kier alpha value is -0.650. The van der Waals surface area contributed by atoms with Crippen molar-refractivity contribution in [1.82, 2.24) is 0 Å². The Kier molecular flexibility index (Phi) is 3.24. The summed E-state index contributed by atoms with van der Waals surface area (Å²) in [4.78, 5) is 0. The van der Waals surface area contributed by atoms with Crippen LogP contribution in [-0.2, 0) is 0 Å². The van der Waals surface area contributed by atoms with E-state index < -0.39 is 17.6 Å². The van der Waals surface area contributed by atoms with Crippen molar-refractivity contribution in [2.24, 2.45) is 5.73 Å². The van der Waals surface area contributed by atoms with Crippen LogP contribution in [0.25, 0.3) is 0 Å². The van der Waals surface area contributed by atoms with Gasteiger partial charge in [0, 0.05) is 5.56 Å². The highest BCUT2D eigenvalue weighted by Crippen LogP contribution is 2.30. The van der Waals surface area contributed by atoms with Crippen LogP contribution < -0.4 is 5.73 Å². The van der Waals surface area contributed by atoms with Gasteiger partial charge < -0.3 is 15.9 Å². The van der Waals surface area contributed by atoms with Gasteiger partial charge in [0.25, 0.3) is 0 Å². The second kappa shape index (κ2) is 4.04. The maximum absolute atomic E-state index is 13.1. The van der Waals surface area contributed by atoms with Crippen molar-refractivity contribution in [2.45, 2.75) is 6.04 Å². The van der Waals surface area contributed by atoms with Crippen molar-refractivity contribution in [3.8, 4) is 5.75 Å². The molecule has 0 heterocycles. The molecular formula is C8H9BrFNO2. The largest absolute Gasteiger partial charge is 0.505 e. The molecule has 5 heteroatoms. The number of aliphatic hydroxyl groups is 1. The van der Waals surface area contributed by atoms with Crippen LogP contribution >= 0.6 is 15.9 Å². The molecule has 1 aromatic carbocycles. The van der Waals surface area contributed by atoms with Gasteiger partial charge >= 0.3 is 0 Å². The summed E-state index contributed by atoms with van der Waals surface area (Å²) in [6, 6.07) is 2.13. The average Bonchev–Trinajstić information content (AvgIpc) is 2.13. The average molecular weight is 250 g/mol. The molecule has 72 valence electrons. The fraction of sp³-hybridized carbons (Fsp3) is 0.250. The monoisotopic (exact) mass is 249 g/mol. The number of hydrogen-bond acceptors (Lipinski definition) is 3. The van der Waals surface area contributed by atoms with Gasteiger partial charge in [0.15, 0.2) is 11.6 Å². The van der Waals surface area contributed by atoms with E-state index >= 15 is 0 Å². The molecule has 0 saturated heterocycles. The van der Waals surface area contributed by atoms with Gasteiger partial charge in [-0.2, -0.15) is 0 Å². The summed E-state index contributed by atoms with van der Waals surface area (Å²) in [5, 5.41) is 18.0. The smallest absolute Gasteiger partial charge is 0.179 e. The van der Waals surface area contributed by atoms with Gasteiger partial charge in [0.05, 0.1) is 17.1 Å². The quantitative estimate of drug-likeness (QED) is 0.740. The third kappa shape index (κ3) is 1.99. The zero-order chi connectivity index (χ0) is 10.0. The molecule has 0 bridgehead atoms. The number of aromatic hydroxyl groups is 1. The second-order valence-corrected chi connectivity index (χ2v) is 3.44. The summed E-state index contributed by atoms with van der Waals surface area (Å²) in [6.45, 7) is -0.339. The lowest BCUT2D eigenvalue weighted by Gasteiger charge is -2.11. The van der Waals surface area contributed by atoms with E-state index in [0.29, 0.717) is 0 Å². The molecule has 0 radical (unpaired) electrons. The Morgan fingerprint density at radius 3 is 2.69 bits per heavy atom. The van der Waals surface area contributed by atoms with E-state index in [0.717, 1.165) is 0 Å². The lowest BCUT2D eigenvalue weighted by atomic mass is 10.1. The van der Waals surface area contributed by atoms with Gasteiger partial charge in [-0.3, -0.25) is 0 Å². The molecule has 0 aliphatic heterocycles. The van der Waals surface area contributed by atoms with Crippen molar-refractivity contribution < 1.29 is 14.6 Å². The Morgan fingerprint density at radius 2 is 2.15 bits per heavy atom. The zero-order valence-electron chi connectivity index (χ0n) is 6.67. The van der Waals surface area contributed by atoms with E-state index in [2.05, 4.69) is 15.9 Å². The van der Waals surface area contributed by atoms with Crippen molar-refractivity contribution in [3.05, 3.63) is 28.0 Å². The molecule has 0 unspecified atom stereocenters. The topological polar surface area (TPSA) is 66.5 Å². The molecule has 0 fully saturated rings. The van der Waals surface area contributed by atoms with E-state index in [1.807, 2.05) is 0 Å². The van der Waals surface area contributed by atoms with Crippen molar-refractivity contribution in [3.63, 3.8) is 0 Å². The molecule has 1 rings (SSSR count). The maximum atomic E-state index is 13.1. The van der Waals surface area contributed by atoms with E-state index in [1.54, 1.807) is 0 Å². The summed E-state index contributed by atoms with van der Waals surface area (Å²) in [5.74, 6) is -1.28. The number of nitrogens with two attached hydrogens (primary N) is 1. The number of rotatable bonds is 2. The van der Waals surface area contributed by atoms with Crippen LogP contribution in [0.5, 0.6) is 5.75 Å². The molecule has 4 N–H and O–H groups in total. The van der Waals surface area contributed by atoms with Crippen molar-refractivity contribution in [1.29, 1.82) is 0 Å². The number of halogens is 2. The third-order valence-electron chi connectivity index (χ3n) is 1.70. The maximum Gasteiger partial charge on any atom is 0.179 e. The third-order valence-corrected chi connectivity index (χ3v) is 2.31. The SMILES string of the molecule is N[C@H](CO)c1ccc(Br)c(F)c1O. The Balaban J connectivity index is 3.18. The van der Waals surface area contributed by atoms with E-state index in [-0.39, 0.29) is 16.6 Å². The minimum atomic E-state index is -0.763. The highest BCUT2D eigenvalue weighted by molar-refractivity contribution is 9.10. The summed E-state index contributed by atoms with van der Waals surface area (Å²) in [7, 11) is 0. The number of hydrogen-bond donors (Lipinski definition) is 3. The van der Waals surface area contributed by atoms with Gasteiger partial charge in [0.1, 0.15) is 0 Å². The van der Waals surface area contributed by atoms with Crippen LogP contribution in [0.4, 0.5) is 4.39 Å². The normalized spacial score (nSPS) is 12.9. The molecule has 0 saturated carbocycles. The Bertz CT molecular complexity index is 319. The van der Waals surface area contributed by atoms with Crippen molar-refractivity contribution >= 4 is 15.9 Å². The fourth-order valence-electron chi connectivity index (χ4n) is 0.952. The molecule has 1 atom stereocenters. The van der Waals surface area contributed by atoms with Crippen LogP contribution in [-0.4, -0.2) is 16.8 Å². The first-order valence-corrected chi connectivity index (χ1v) is 4.40. The number of phenols is 1. The minimum Gasteiger partial charge on any atom is -0.505 e. The molecule has 13 heavy (non-hydrogen) atoms. The van der Waals surface area contributed by atoms with Crippen LogP contribution in [0.15, 0.2) is 16.6 Å². The molecule has 0 aliphatic carbocycles. The lowest BCUT2D eigenvalue weighted by Crippen LogP contribution is -2.14. The van der Waals surface area contributed by atoms with Crippen molar-refractivity contribution in [2.75, 3.05) is 6.61 Å². The zero-order valence-corrected chi connectivity index (χ0v) is 8.25. The molecule has 0 aliphatic rings. The summed E-state index contributed by atoms with van der Waals surface area (Å²) in [5.41, 5.74) is 5.62. The van der Waals surface area contributed by atoms with Gasteiger partial charge in [-0.25, -0.2) is 4.39 Å². The van der Waals surface area contributed by atoms with E-state index in [1.165, 1.54) is 12.1 Å². The fourth-order valence-corrected chi connectivity index (χ4v) is 1.27. The molecule has 1 aromatic rings. The predicted molar refractivity (Wildman–Crippen MR) is 49.8 cm³/mol. The summed E-state index contributed by atoms with van der Waals surface area (Å²) < 4.78 is 13.2. The Morgan fingerprint density at radius 1 is 1.54 bits per heavy atom. The van der Waals surface area contributed by atoms with Crippen LogP contribution in [0.1, 0.15) is 11.6 Å². The Labute approximate surface area is 83.1 Å².